The second kappa shape index (κ2) is 8.73. The van der Waals surface area contributed by atoms with Crippen LogP contribution < -0.4 is 17.8 Å². The number of imidazole rings is 1. The first kappa shape index (κ1) is 13.1. The molecule has 1 aromatic rings. The van der Waals surface area contributed by atoms with Crippen LogP contribution in [0.2, 0.25) is 0 Å². The Morgan fingerprint density at radius 2 is 2.25 bits per heavy atom. The van der Waals surface area contributed by atoms with Gasteiger partial charge in [-0.3, -0.25) is 0 Å². The molecular formula is C7H11I3N2. The summed E-state index contributed by atoms with van der Waals surface area (Å²) < 4.78 is 4.01. The van der Waals surface area contributed by atoms with Crippen molar-refractivity contribution in [2.24, 2.45) is 0 Å². The summed E-state index contributed by atoms with van der Waals surface area (Å²) in [4.78, 5) is 0. The monoisotopic (exact) mass is 504 g/mol. The number of aryl methyl sites for hydroxylation is 1. The average Bonchev–Trinajstić information content (AvgIpc) is 2.53. The van der Waals surface area contributed by atoms with Gasteiger partial charge in [0, 0.05) is 0 Å². The van der Waals surface area contributed by atoms with E-state index in [2.05, 4.69) is 55.3 Å². The van der Waals surface area contributed by atoms with Gasteiger partial charge in [-0.15, -0.1) is 0 Å². The van der Waals surface area contributed by atoms with Crippen molar-refractivity contribution in [1.82, 2.24) is 4.57 Å². The summed E-state index contributed by atoms with van der Waals surface area (Å²) in [6, 6.07) is 0. The van der Waals surface area contributed by atoms with Gasteiger partial charge < -0.3 is 0 Å². The summed E-state index contributed by atoms with van der Waals surface area (Å²) >= 11 is 5.30. The Labute approximate surface area is 103 Å². The molecule has 0 N–H and O–H groups in total. The third-order valence-corrected chi connectivity index (χ3v) is 1.29. The van der Waals surface area contributed by atoms with Crippen LogP contribution in [0, 0.1) is 0 Å². The molecule has 0 amide bonds. The molecule has 0 aliphatic carbocycles. The molecule has 0 aliphatic rings. The van der Waals surface area contributed by atoms with Crippen LogP contribution in [0.4, 0.5) is 0 Å². The first-order chi connectivity index (χ1) is 5.78. The summed E-state index contributed by atoms with van der Waals surface area (Å²) in [6.07, 6.45) is 7.75. The molecule has 0 aliphatic heterocycles. The molecule has 0 saturated heterocycles. The van der Waals surface area contributed by atoms with Crippen molar-refractivity contribution in [2.45, 2.75) is 13.5 Å². The molecule has 1 heterocycles. The molecule has 0 fully saturated rings. The van der Waals surface area contributed by atoms with Crippen LogP contribution in [0.25, 0.3) is 6.20 Å². The Hall–Kier alpha value is 1.14. The molecule has 0 radical (unpaired) electrons. The van der Waals surface area contributed by atoms with Crippen molar-refractivity contribution in [3.63, 3.8) is 0 Å². The van der Waals surface area contributed by atoms with E-state index in [1.54, 1.807) is 6.20 Å². The third kappa shape index (κ3) is 5.73. The Morgan fingerprint density at radius 1 is 1.67 bits per heavy atom. The van der Waals surface area contributed by atoms with E-state index in [0.717, 1.165) is 6.54 Å². The minimum atomic E-state index is 0.530. The predicted molar refractivity (Wildman–Crippen MR) is 64.7 cm³/mol. The maximum atomic E-state index is 3.63. The SMILES string of the molecule is C=Cn1cc[n+](CC)c1.I[I-]I. The molecule has 1 rings (SSSR count). The van der Waals surface area contributed by atoms with E-state index in [0.29, 0.717) is 13.3 Å². The van der Waals surface area contributed by atoms with Crippen molar-refractivity contribution >= 4 is 43.4 Å². The van der Waals surface area contributed by atoms with Gasteiger partial charge >= 0.3 is 50.5 Å². The van der Waals surface area contributed by atoms with Crippen molar-refractivity contribution < 1.29 is 17.8 Å². The van der Waals surface area contributed by atoms with Crippen LogP contribution in [0.15, 0.2) is 25.3 Å². The fourth-order valence-corrected chi connectivity index (χ4v) is 0.706. The molecule has 2 nitrogen and oxygen atoms in total. The van der Waals surface area contributed by atoms with Crippen LogP contribution in [-0.4, -0.2) is 4.57 Å². The molecular weight excluding hydrogens is 493 g/mol. The van der Waals surface area contributed by atoms with Crippen molar-refractivity contribution in [1.29, 1.82) is 0 Å². The number of hydrogen-bond donors (Lipinski definition) is 0. The number of rotatable bonds is 2. The zero-order chi connectivity index (χ0) is 9.40. The van der Waals surface area contributed by atoms with E-state index in [1.807, 2.05) is 23.3 Å². The maximum absolute atomic E-state index is 3.63. The first-order valence-corrected chi connectivity index (χ1v) is 15.9. The molecule has 0 saturated carbocycles. The normalized spacial score (nSPS) is 8.92. The van der Waals surface area contributed by atoms with Gasteiger partial charge in [-0.1, -0.05) is 6.58 Å². The Morgan fingerprint density at radius 3 is 2.50 bits per heavy atom. The summed E-state index contributed by atoms with van der Waals surface area (Å²) in [5.74, 6) is 0. The molecule has 0 aromatic carbocycles. The standard InChI is InChI=1S/C7H11N2.I3/c1-3-8-5-6-9(4-2)7-8;1-3-2/h3,5-7H,1,4H2,2H3;/q+1;-1. The predicted octanol–water partition coefficient (Wildman–Crippen LogP) is -0.329. The fourth-order valence-electron chi connectivity index (χ4n) is 0.706. The zero-order valence-electron chi connectivity index (χ0n) is 6.75. The number of nitrogens with zero attached hydrogens (tertiary/aromatic N) is 2. The van der Waals surface area contributed by atoms with E-state index >= 15 is 0 Å². The molecule has 0 atom stereocenters. The average molecular weight is 504 g/mol. The number of halogens is 3. The molecule has 5 heteroatoms. The molecule has 0 bridgehead atoms. The second-order valence-electron chi connectivity index (χ2n) is 1.93. The van der Waals surface area contributed by atoms with E-state index < -0.39 is 0 Å². The summed E-state index contributed by atoms with van der Waals surface area (Å²) in [6.45, 7) is 6.75. The summed E-state index contributed by atoms with van der Waals surface area (Å²) in [5.41, 5.74) is 0. The van der Waals surface area contributed by atoms with Gasteiger partial charge in [0.25, 0.3) is 0 Å². The van der Waals surface area contributed by atoms with E-state index in [9.17, 15) is 0 Å². The van der Waals surface area contributed by atoms with Gasteiger partial charge in [0.1, 0.15) is 12.4 Å². The minimum absolute atomic E-state index is 0.530. The fraction of sp³-hybridized carbons (Fsp3) is 0.286. The molecule has 12 heavy (non-hydrogen) atoms. The van der Waals surface area contributed by atoms with Gasteiger partial charge in [0.15, 0.2) is 0 Å². The van der Waals surface area contributed by atoms with E-state index in [-0.39, 0.29) is 0 Å². The molecule has 0 unspecified atom stereocenters. The van der Waals surface area contributed by atoms with Crippen molar-refractivity contribution in [3.8, 4) is 0 Å². The van der Waals surface area contributed by atoms with Crippen LogP contribution in [-0.2, 0) is 6.54 Å². The second-order valence-corrected chi connectivity index (χ2v) is 18.2. The molecule has 0 spiro atoms. The van der Waals surface area contributed by atoms with Gasteiger partial charge in [-0.25, -0.2) is 9.13 Å². The van der Waals surface area contributed by atoms with Gasteiger partial charge in [-0.2, -0.15) is 0 Å². The van der Waals surface area contributed by atoms with Gasteiger partial charge in [0.05, 0.1) is 12.7 Å². The van der Waals surface area contributed by atoms with E-state index in [1.165, 1.54) is 0 Å². The molecule has 70 valence electrons. The third-order valence-electron chi connectivity index (χ3n) is 1.29. The Balaban J connectivity index is 0.000000354. The Bertz CT molecular complexity index is 222. The quantitative estimate of drug-likeness (QED) is 0.386. The van der Waals surface area contributed by atoms with E-state index in [4.69, 9.17) is 0 Å². The van der Waals surface area contributed by atoms with Crippen molar-refractivity contribution in [2.75, 3.05) is 0 Å². The van der Waals surface area contributed by atoms with Crippen LogP contribution in [0.3, 0.4) is 0 Å². The van der Waals surface area contributed by atoms with Gasteiger partial charge in [0.2, 0.25) is 6.33 Å². The van der Waals surface area contributed by atoms with Gasteiger partial charge in [-0.05, 0) is 6.92 Å². The van der Waals surface area contributed by atoms with Crippen molar-refractivity contribution in [3.05, 3.63) is 25.3 Å². The number of hydrogen-bond acceptors (Lipinski definition) is 0. The van der Waals surface area contributed by atoms with Crippen LogP contribution in [0.1, 0.15) is 6.92 Å². The summed E-state index contributed by atoms with van der Waals surface area (Å²) in [7, 11) is 0. The topological polar surface area (TPSA) is 8.81 Å². The molecule has 1 aromatic heterocycles. The Kier molecular flexibility index (Phi) is 9.55. The van der Waals surface area contributed by atoms with Crippen LogP contribution >= 0.6 is 37.2 Å². The first-order valence-electron chi connectivity index (χ1n) is 3.34. The van der Waals surface area contributed by atoms with Crippen LogP contribution in [0.5, 0.6) is 0 Å². The number of aromatic nitrogens is 2. The summed E-state index contributed by atoms with van der Waals surface area (Å²) in [5, 5.41) is 0. The zero-order valence-corrected chi connectivity index (χ0v) is 13.2.